The summed E-state index contributed by atoms with van der Waals surface area (Å²) < 4.78 is 4.74. The van der Waals surface area contributed by atoms with E-state index in [1.807, 2.05) is 32.0 Å². The van der Waals surface area contributed by atoms with Gasteiger partial charge < -0.3 is 20.5 Å². The minimum atomic E-state index is -1.14. The Balaban J connectivity index is 2.68. The predicted molar refractivity (Wildman–Crippen MR) is 71.4 cm³/mol. The van der Waals surface area contributed by atoms with E-state index in [9.17, 15) is 9.59 Å². The second-order valence-corrected chi connectivity index (χ2v) is 4.26. The van der Waals surface area contributed by atoms with Crippen LogP contribution in [-0.4, -0.2) is 36.9 Å². The van der Waals surface area contributed by atoms with Gasteiger partial charge in [0.2, 0.25) is 0 Å². The molecule has 1 rings (SSSR count). The Morgan fingerprint density at radius 3 is 2.63 bits per heavy atom. The van der Waals surface area contributed by atoms with Gasteiger partial charge in [0.05, 0.1) is 6.61 Å². The number of hydrogen-bond acceptors (Lipinski definition) is 3. The summed E-state index contributed by atoms with van der Waals surface area (Å²) >= 11 is 0. The van der Waals surface area contributed by atoms with E-state index >= 15 is 0 Å². The van der Waals surface area contributed by atoms with Crippen molar-refractivity contribution in [3.05, 3.63) is 29.3 Å². The minimum Gasteiger partial charge on any atom is -0.480 e. The maximum Gasteiger partial charge on any atom is 0.328 e. The second-order valence-electron chi connectivity index (χ2n) is 4.26. The number of carboxylic acid groups (broad SMARTS) is 1. The number of hydrogen-bond donors (Lipinski definition) is 3. The van der Waals surface area contributed by atoms with E-state index < -0.39 is 18.0 Å². The molecule has 104 valence electrons. The van der Waals surface area contributed by atoms with Gasteiger partial charge in [0.25, 0.3) is 0 Å². The number of carbonyl (C=O) groups excluding carboxylic acids is 1. The Morgan fingerprint density at radius 2 is 2.05 bits per heavy atom. The van der Waals surface area contributed by atoms with Gasteiger partial charge in [0.15, 0.2) is 6.04 Å². The van der Waals surface area contributed by atoms with Crippen molar-refractivity contribution in [2.45, 2.75) is 19.9 Å². The van der Waals surface area contributed by atoms with Crippen LogP contribution in [0.5, 0.6) is 0 Å². The molecular formula is C13H18N2O4. The SMILES string of the molecule is COCC(NC(=O)Nc1cc(C)ccc1C)C(=O)O. The van der Waals surface area contributed by atoms with Crippen molar-refractivity contribution in [1.82, 2.24) is 5.32 Å². The molecule has 2 amide bonds. The molecular weight excluding hydrogens is 248 g/mol. The average Bonchev–Trinajstić information content (AvgIpc) is 2.33. The van der Waals surface area contributed by atoms with Gasteiger partial charge in [-0.3, -0.25) is 0 Å². The van der Waals surface area contributed by atoms with Gasteiger partial charge in [-0.15, -0.1) is 0 Å². The van der Waals surface area contributed by atoms with Crippen LogP contribution in [-0.2, 0) is 9.53 Å². The van der Waals surface area contributed by atoms with E-state index in [0.717, 1.165) is 11.1 Å². The topological polar surface area (TPSA) is 87.7 Å². The van der Waals surface area contributed by atoms with Crippen molar-refractivity contribution < 1.29 is 19.4 Å². The molecule has 0 aliphatic heterocycles. The maximum atomic E-state index is 11.7. The zero-order chi connectivity index (χ0) is 14.4. The van der Waals surface area contributed by atoms with Gasteiger partial charge in [-0.25, -0.2) is 9.59 Å². The number of carbonyl (C=O) groups is 2. The molecule has 0 saturated carbocycles. The molecule has 0 bridgehead atoms. The fourth-order valence-electron chi connectivity index (χ4n) is 1.53. The van der Waals surface area contributed by atoms with Crippen molar-refractivity contribution in [3.8, 4) is 0 Å². The highest BCUT2D eigenvalue weighted by atomic mass is 16.5. The first-order valence-corrected chi connectivity index (χ1v) is 5.80. The molecule has 0 aliphatic rings. The van der Waals surface area contributed by atoms with Crippen molar-refractivity contribution in [1.29, 1.82) is 0 Å². The van der Waals surface area contributed by atoms with Crippen LogP contribution in [0.25, 0.3) is 0 Å². The molecule has 3 N–H and O–H groups in total. The molecule has 1 aromatic rings. The van der Waals surface area contributed by atoms with Crippen LogP contribution in [0.3, 0.4) is 0 Å². The molecule has 1 unspecified atom stereocenters. The van der Waals surface area contributed by atoms with Gasteiger partial charge in [-0.05, 0) is 31.0 Å². The highest BCUT2D eigenvalue weighted by Gasteiger charge is 2.19. The number of methoxy groups -OCH3 is 1. The van der Waals surface area contributed by atoms with Crippen LogP contribution >= 0.6 is 0 Å². The van der Waals surface area contributed by atoms with Crippen molar-refractivity contribution >= 4 is 17.7 Å². The van der Waals surface area contributed by atoms with Crippen LogP contribution in [0.4, 0.5) is 10.5 Å². The third kappa shape index (κ3) is 4.59. The number of ether oxygens (including phenoxy) is 1. The van der Waals surface area contributed by atoms with Crippen LogP contribution in [0.2, 0.25) is 0 Å². The maximum absolute atomic E-state index is 11.7. The molecule has 1 atom stereocenters. The summed E-state index contributed by atoms with van der Waals surface area (Å²) in [7, 11) is 1.38. The molecule has 6 heteroatoms. The van der Waals surface area contributed by atoms with Gasteiger partial charge in [-0.2, -0.15) is 0 Å². The summed E-state index contributed by atoms with van der Waals surface area (Å²) in [5.74, 6) is -1.14. The summed E-state index contributed by atoms with van der Waals surface area (Å²) in [6, 6.07) is 3.99. The summed E-state index contributed by atoms with van der Waals surface area (Å²) in [4.78, 5) is 22.6. The number of benzene rings is 1. The number of aliphatic carboxylic acids is 1. The Bertz CT molecular complexity index is 474. The van der Waals surface area contributed by atoms with Crippen LogP contribution in [0.15, 0.2) is 18.2 Å². The van der Waals surface area contributed by atoms with Crippen LogP contribution in [0.1, 0.15) is 11.1 Å². The first-order chi connectivity index (χ1) is 8.93. The average molecular weight is 266 g/mol. The zero-order valence-electron chi connectivity index (χ0n) is 11.2. The molecule has 0 radical (unpaired) electrons. The molecule has 19 heavy (non-hydrogen) atoms. The van der Waals surface area contributed by atoms with E-state index in [-0.39, 0.29) is 6.61 Å². The zero-order valence-corrected chi connectivity index (χ0v) is 11.2. The molecule has 1 aromatic carbocycles. The third-order valence-corrected chi connectivity index (χ3v) is 2.58. The lowest BCUT2D eigenvalue weighted by Gasteiger charge is -2.15. The fraction of sp³-hybridized carbons (Fsp3) is 0.385. The van der Waals surface area contributed by atoms with E-state index in [1.165, 1.54) is 7.11 Å². The number of rotatable bonds is 5. The standard InChI is InChI=1S/C13H18N2O4/c1-8-4-5-9(2)10(6-8)14-13(18)15-11(7-19-3)12(16)17/h4-6,11H,7H2,1-3H3,(H,16,17)(H2,14,15,18). The summed E-state index contributed by atoms with van der Waals surface area (Å²) in [6.07, 6.45) is 0. The van der Waals surface area contributed by atoms with Crippen LogP contribution < -0.4 is 10.6 Å². The number of nitrogens with one attached hydrogen (secondary N) is 2. The summed E-state index contributed by atoms with van der Waals surface area (Å²) in [5.41, 5.74) is 2.56. The number of urea groups is 1. The Kier molecular flexibility index (Phi) is 5.32. The number of anilines is 1. The highest BCUT2D eigenvalue weighted by Crippen LogP contribution is 2.16. The Labute approximate surface area is 111 Å². The van der Waals surface area contributed by atoms with E-state index in [2.05, 4.69) is 10.6 Å². The van der Waals surface area contributed by atoms with Gasteiger partial charge in [0.1, 0.15) is 0 Å². The Morgan fingerprint density at radius 1 is 1.37 bits per heavy atom. The molecule has 0 saturated heterocycles. The quantitative estimate of drug-likeness (QED) is 0.754. The first-order valence-electron chi connectivity index (χ1n) is 5.80. The molecule has 0 fully saturated rings. The van der Waals surface area contributed by atoms with Crippen molar-refractivity contribution in [3.63, 3.8) is 0 Å². The lowest BCUT2D eigenvalue weighted by atomic mass is 10.1. The molecule has 0 heterocycles. The predicted octanol–water partition coefficient (Wildman–Crippen LogP) is 1.52. The number of carboxylic acids is 1. The number of aryl methyl sites for hydroxylation is 2. The van der Waals surface area contributed by atoms with E-state index in [4.69, 9.17) is 9.84 Å². The van der Waals surface area contributed by atoms with Gasteiger partial charge in [-0.1, -0.05) is 12.1 Å². The van der Waals surface area contributed by atoms with Gasteiger partial charge in [0, 0.05) is 12.8 Å². The number of amides is 2. The highest BCUT2D eigenvalue weighted by molar-refractivity contribution is 5.93. The van der Waals surface area contributed by atoms with Gasteiger partial charge >= 0.3 is 12.0 Å². The lowest BCUT2D eigenvalue weighted by molar-refractivity contribution is -0.140. The minimum absolute atomic E-state index is 0.0877. The molecule has 0 aromatic heterocycles. The monoisotopic (exact) mass is 266 g/mol. The van der Waals surface area contributed by atoms with Crippen molar-refractivity contribution in [2.24, 2.45) is 0 Å². The normalized spacial score (nSPS) is 11.7. The van der Waals surface area contributed by atoms with Crippen LogP contribution in [0, 0.1) is 13.8 Å². The lowest BCUT2D eigenvalue weighted by Crippen LogP contribution is -2.45. The first kappa shape index (κ1) is 15.0. The fourth-order valence-corrected chi connectivity index (χ4v) is 1.53. The summed E-state index contributed by atoms with van der Waals surface area (Å²) in [5, 5.41) is 13.9. The second kappa shape index (κ2) is 6.75. The smallest absolute Gasteiger partial charge is 0.328 e. The molecule has 0 spiro atoms. The van der Waals surface area contributed by atoms with Crippen molar-refractivity contribution in [2.75, 3.05) is 19.0 Å². The molecule has 6 nitrogen and oxygen atoms in total. The molecule has 0 aliphatic carbocycles. The van der Waals surface area contributed by atoms with E-state index in [1.54, 1.807) is 0 Å². The largest absolute Gasteiger partial charge is 0.480 e. The summed E-state index contributed by atoms with van der Waals surface area (Å²) in [6.45, 7) is 3.68. The Hall–Kier alpha value is -2.08. The third-order valence-electron chi connectivity index (χ3n) is 2.58. The van der Waals surface area contributed by atoms with E-state index in [0.29, 0.717) is 5.69 Å².